The van der Waals surface area contributed by atoms with E-state index in [0.717, 1.165) is 31.7 Å². The van der Waals surface area contributed by atoms with Crippen molar-refractivity contribution < 1.29 is 4.74 Å². The highest BCUT2D eigenvalue weighted by Crippen LogP contribution is 2.20. The van der Waals surface area contributed by atoms with E-state index in [4.69, 9.17) is 15.7 Å². The number of hydrogen-bond acceptors (Lipinski definition) is 4. The number of benzene rings is 1. The number of rotatable bonds is 4. The van der Waals surface area contributed by atoms with Crippen LogP contribution in [0.1, 0.15) is 31.2 Å². The van der Waals surface area contributed by atoms with E-state index in [-0.39, 0.29) is 0 Å². The summed E-state index contributed by atoms with van der Waals surface area (Å²) in [6.07, 6.45) is 4.99. The molecule has 1 heterocycles. The van der Waals surface area contributed by atoms with Crippen LogP contribution in [0.4, 0.5) is 11.4 Å². The second kappa shape index (κ2) is 6.27. The number of nitrogens with zero attached hydrogens (tertiary/aromatic N) is 1. The Morgan fingerprint density at radius 2 is 2.33 bits per heavy atom. The van der Waals surface area contributed by atoms with Crippen LogP contribution in [-0.2, 0) is 4.74 Å². The summed E-state index contributed by atoms with van der Waals surface area (Å²) < 4.78 is 5.67. The average Bonchev–Trinajstić information content (AvgIpc) is 2.42. The standard InChI is InChI=1S/C14H19N3O/c15-10-11-4-5-14(13(16)9-11)17-7-6-12-3-1-2-8-18-12/h4-5,9,12,17H,1-3,6-8,16H2. The van der Waals surface area contributed by atoms with Crippen LogP contribution in [0.2, 0.25) is 0 Å². The van der Waals surface area contributed by atoms with Crippen LogP contribution in [0.3, 0.4) is 0 Å². The van der Waals surface area contributed by atoms with Gasteiger partial charge >= 0.3 is 0 Å². The van der Waals surface area contributed by atoms with Gasteiger partial charge in [0.25, 0.3) is 0 Å². The van der Waals surface area contributed by atoms with E-state index in [0.29, 0.717) is 17.4 Å². The summed E-state index contributed by atoms with van der Waals surface area (Å²) in [6.45, 7) is 1.74. The zero-order valence-corrected chi connectivity index (χ0v) is 10.5. The molecule has 1 atom stereocenters. The van der Waals surface area contributed by atoms with Crippen molar-refractivity contribution in [1.82, 2.24) is 0 Å². The molecule has 2 rings (SSSR count). The molecule has 4 nitrogen and oxygen atoms in total. The number of anilines is 2. The van der Waals surface area contributed by atoms with Crippen molar-refractivity contribution in [2.45, 2.75) is 31.8 Å². The van der Waals surface area contributed by atoms with Crippen molar-refractivity contribution in [3.8, 4) is 6.07 Å². The molecule has 0 spiro atoms. The molecule has 18 heavy (non-hydrogen) atoms. The molecule has 1 saturated heterocycles. The maximum atomic E-state index is 8.76. The number of nitrogen functional groups attached to an aromatic ring is 1. The second-order valence-corrected chi connectivity index (χ2v) is 4.62. The van der Waals surface area contributed by atoms with Gasteiger partial charge in [-0.3, -0.25) is 0 Å². The fourth-order valence-electron chi connectivity index (χ4n) is 2.20. The molecule has 1 aromatic rings. The maximum absolute atomic E-state index is 8.76. The third-order valence-electron chi connectivity index (χ3n) is 3.24. The molecule has 0 aliphatic carbocycles. The van der Waals surface area contributed by atoms with Crippen molar-refractivity contribution >= 4 is 11.4 Å². The predicted octanol–water partition coefficient (Wildman–Crippen LogP) is 2.51. The van der Waals surface area contributed by atoms with E-state index >= 15 is 0 Å². The third kappa shape index (κ3) is 3.38. The number of nitriles is 1. The number of nitrogens with two attached hydrogens (primary N) is 1. The Balaban J connectivity index is 1.81. The monoisotopic (exact) mass is 245 g/mol. The SMILES string of the molecule is N#Cc1ccc(NCCC2CCCCO2)c(N)c1. The minimum absolute atomic E-state index is 0.380. The summed E-state index contributed by atoms with van der Waals surface area (Å²) >= 11 is 0. The van der Waals surface area contributed by atoms with Gasteiger partial charge in [0.05, 0.1) is 29.1 Å². The molecule has 0 aromatic heterocycles. The van der Waals surface area contributed by atoms with E-state index in [1.807, 2.05) is 6.07 Å². The van der Waals surface area contributed by atoms with Crippen molar-refractivity contribution in [2.24, 2.45) is 0 Å². The fourth-order valence-corrected chi connectivity index (χ4v) is 2.20. The third-order valence-corrected chi connectivity index (χ3v) is 3.24. The first-order chi connectivity index (χ1) is 8.79. The van der Waals surface area contributed by atoms with Gasteiger partial charge in [0.1, 0.15) is 0 Å². The highest BCUT2D eigenvalue weighted by Gasteiger charge is 2.13. The van der Waals surface area contributed by atoms with Crippen LogP contribution in [0, 0.1) is 11.3 Å². The minimum Gasteiger partial charge on any atom is -0.397 e. The molecule has 1 aromatic carbocycles. The van der Waals surface area contributed by atoms with Crippen molar-refractivity contribution in [3.05, 3.63) is 23.8 Å². The maximum Gasteiger partial charge on any atom is 0.0992 e. The molecule has 1 fully saturated rings. The molecule has 0 saturated carbocycles. The molecule has 1 unspecified atom stereocenters. The molecule has 0 amide bonds. The van der Waals surface area contributed by atoms with Crippen LogP contribution < -0.4 is 11.1 Å². The van der Waals surface area contributed by atoms with Crippen molar-refractivity contribution in [3.63, 3.8) is 0 Å². The van der Waals surface area contributed by atoms with E-state index in [1.54, 1.807) is 12.1 Å². The summed E-state index contributed by atoms with van der Waals surface area (Å²) in [6, 6.07) is 7.40. The minimum atomic E-state index is 0.380. The summed E-state index contributed by atoms with van der Waals surface area (Å²) in [5, 5.41) is 12.1. The Morgan fingerprint density at radius 1 is 1.44 bits per heavy atom. The lowest BCUT2D eigenvalue weighted by molar-refractivity contribution is 0.0134. The molecule has 96 valence electrons. The van der Waals surface area contributed by atoms with Gasteiger partial charge in [-0.15, -0.1) is 0 Å². The van der Waals surface area contributed by atoms with Gasteiger partial charge in [-0.2, -0.15) is 5.26 Å². The van der Waals surface area contributed by atoms with Gasteiger partial charge in [0.15, 0.2) is 0 Å². The first kappa shape index (κ1) is 12.7. The number of nitrogens with one attached hydrogen (secondary N) is 1. The molecule has 4 heteroatoms. The summed E-state index contributed by atoms with van der Waals surface area (Å²) in [4.78, 5) is 0. The van der Waals surface area contributed by atoms with Gasteiger partial charge in [0, 0.05) is 13.2 Å². The van der Waals surface area contributed by atoms with Crippen LogP contribution in [-0.4, -0.2) is 19.3 Å². The summed E-state index contributed by atoms with van der Waals surface area (Å²) in [7, 11) is 0. The molecular formula is C14H19N3O. The van der Waals surface area contributed by atoms with E-state index in [9.17, 15) is 0 Å². The van der Waals surface area contributed by atoms with Gasteiger partial charge < -0.3 is 15.8 Å². The van der Waals surface area contributed by atoms with E-state index < -0.39 is 0 Å². The number of hydrogen-bond donors (Lipinski definition) is 2. The molecular weight excluding hydrogens is 226 g/mol. The number of ether oxygens (including phenoxy) is 1. The second-order valence-electron chi connectivity index (χ2n) is 4.62. The van der Waals surface area contributed by atoms with Crippen LogP contribution in [0.25, 0.3) is 0 Å². The smallest absolute Gasteiger partial charge is 0.0992 e. The Hall–Kier alpha value is -1.73. The van der Waals surface area contributed by atoms with E-state index in [2.05, 4.69) is 11.4 Å². The molecule has 0 bridgehead atoms. The van der Waals surface area contributed by atoms with E-state index in [1.165, 1.54) is 12.8 Å². The topological polar surface area (TPSA) is 71.1 Å². The molecule has 3 N–H and O–H groups in total. The Kier molecular flexibility index (Phi) is 4.43. The van der Waals surface area contributed by atoms with Crippen LogP contribution in [0.15, 0.2) is 18.2 Å². The fraction of sp³-hybridized carbons (Fsp3) is 0.500. The van der Waals surface area contributed by atoms with Crippen LogP contribution >= 0.6 is 0 Å². The molecule has 0 radical (unpaired) electrons. The lowest BCUT2D eigenvalue weighted by atomic mass is 10.1. The zero-order chi connectivity index (χ0) is 12.8. The summed E-state index contributed by atoms with van der Waals surface area (Å²) in [5.41, 5.74) is 7.98. The summed E-state index contributed by atoms with van der Waals surface area (Å²) in [5.74, 6) is 0. The van der Waals surface area contributed by atoms with Gasteiger partial charge in [0.2, 0.25) is 0 Å². The largest absolute Gasteiger partial charge is 0.397 e. The van der Waals surface area contributed by atoms with Crippen molar-refractivity contribution in [2.75, 3.05) is 24.2 Å². The van der Waals surface area contributed by atoms with Gasteiger partial charge in [-0.25, -0.2) is 0 Å². The van der Waals surface area contributed by atoms with Gasteiger partial charge in [-0.1, -0.05) is 0 Å². The molecule has 1 aliphatic rings. The molecule has 1 aliphatic heterocycles. The Morgan fingerprint density at radius 3 is 3.00 bits per heavy atom. The van der Waals surface area contributed by atoms with Crippen LogP contribution in [0.5, 0.6) is 0 Å². The normalized spacial score (nSPS) is 19.2. The Bertz CT molecular complexity index is 433. The highest BCUT2D eigenvalue weighted by molar-refractivity contribution is 5.68. The lowest BCUT2D eigenvalue weighted by Crippen LogP contribution is -2.22. The van der Waals surface area contributed by atoms with Gasteiger partial charge in [-0.05, 0) is 43.9 Å². The Labute approximate surface area is 108 Å². The first-order valence-corrected chi connectivity index (χ1v) is 6.44. The van der Waals surface area contributed by atoms with Crippen molar-refractivity contribution in [1.29, 1.82) is 5.26 Å². The highest BCUT2D eigenvalue weighted by atomic mass is 16.5. The average molecular weight is 245 g/mol. The quantitative estimate of drug-likeness (QED) is 0.799. The zero-order valence-electron chi connectivity index (χ0n) is 10.5. The first-order valence-electron chi connectivity index (χ1n) is 6.44. The lowest BCUT2D eigenvalue weighted by Gasteiger charge is -2.22. The predicted molar refractivity (Wildman–Crippen MR) is 72.3 cm³/mol.